The average molecular weight is 252 g/mol. The molecule has 6 heteroatoms. The van der Waals surface area contributed by atoms with Crippen LogP contribution in [0.5, 0.6) is 0 Å². The number of aliphatic hydroxyl groups excluding tert-OH is 1. The quantitative estimate of drug-likeness (QED) is 0.662. The highest BCUT2D eigenvalue weighted by Gasteiger charge is 2.25. The van der Waals surface area contributed by atoms with Gasteiger partial charge in [0, 0.05) is 12.6 Å². The van der Waals surface area contributed by atoms with E-state index in [1.807, 2.05) is 32.8 Å². The summed E-state index contributed by atoms with van der Waals surface area (Å²) in [6.45, 7) is 5.73. The number of rotatable bonds is 7. The zero-order valence-corrected chi connectivity index (χ0v) is 11.6. The number of sulfonamides is 1. The highest BCUT2D eigenvalue weighted by atomic mass is 32.2. The van der Waals surface area contributed by atoms with E-state index in [-0.39, 0.29) is 18.6 Å². The minimum absolute atomic E-state index is 0.131. The van der Waals surface area contributed by atoms with Gasteiger partial charge in [0.25, 0.3) is 0 Å². The molecule has 2 atom stereocenters. The van der Waals surface area contributed by atoms with Crippen LogP contribution in [0.25, 0.3) is 0 Å². The van der Waals surface area contributed by atoms with Crippen molar-refractivity contribution in [3.63, 3.8) is 0 Å². The van der Waals surface area contributed by atoms with Crippen LogP contribution in [0, 0.1) is 5.92 Å². The Morgan fingerprint density at radius 3 is 2.06 bits per heavy atom. The molecule has 5 nitrogen and oxygen atoms in total. The molecular weight excluding hydrogens is 228 g/mol. The maximum atomic E-state index is 11.8. The maximum absolute atomic E-state index is 11.8. The van der Waals surface area contributed by atoms with Crippen molar-refractivity contribution in [1.82, 2.24) is 9.62 Å². The minimum Gasteiger partial charge on any atom is -0.395 e. The highest BCUT2D eigenvalue weighted by molar-refractivity contribution is 7.90. The highest BCUT2D eigenvalue weighted by Crippen LogP contribution is 2.07. The van der Waals surface area contributed by atoms with E-state index in [1.165, 1.54) is 6.92 Å². The van der Waals surface area contributed by atoms with Crippen LogP contribution in [0.4, 0.5) is 0 Å². The number of nitrogens with zero attached hydrogens (tertiary/aromatic N) is 1. The molecule has 0 saturated carbocycles. The molecule has 0 aliphatic carbocycles. The lowest BCUT2D eigenvalue weighted by molar-refractivity contribution is 0.289. The molecular formula is C10H24N2O3S. The van der Waals surface area contributed by atoms with Gasteiger partial charge in [0.15, 0.2) is 0 Å². The van der Waals surface area contributed by atoms with Crippen molar-refractivity contribution >= 4 is 10.0 Å². The van der Waals surface area contributed by atoms with Gasteiger partial charge in [-0.15, -0.1) is 0 Å². The Morgan fingerprint density at radius 1 is 1.25 bits per heavy atom. The monoisotopic (exact) mass is 252 g/mol. The van der Waals surface area contributed by atoms with Crippen LogP contribution >= 0.6 is 0 Å². The van der Waals surface area contributed by atoms with Gasteiger partial charge in [-0.3, -0.25) is 0 Å². The van der Waals surface area contributed by atoms with Crippen LogP contribution in [0.2, 0.25) is 0 Å². The van der Waals surface area contributed by atoms with E-state index in [4.69, 9.17) is 5.11 Å². The third-order valence-electron chi connectivity index (χ3n) is 2.47. The smallest absolute Gasteiger partial charge is 0.216 e. The van der Waals surface area contributed by atoms with Crippen LogP contribution in [0.3, 0.4) is 0 Å². The van der Waals surface area contributed by atoms with Gasteiger partial charge in [-0.25, -0.2) is 13.1 Å². The predicted molar refractivity (Wildman–Crippen MR) is 65.8 cm³/mol. The number of aliphatic hydroxyl groups is 1. The molecule has 2 N–H and O–H groups in total. The lowest BCUT2D eigenvalue weighted by Gasteiger charge is -2.26. The second kappa shape index (κ2) is 6.54. The Hall–Kier alpha value is -0.170. The molecule has 0 amide bonds. The van der Waals surface area contributed by atoms with Crippen LogP contribution in [-0.2, 0) is 10.0 Å². The fourth-order valence-corrected chi connectivity index (χ4v) is 2.40. The van der Waals surface area contributed by atoms with Gasteiger partial charge < -0.3 is 10.0 Å². The standard InChI is InChI=1S/C10H24N2O3S/c1-8(2)10(6-12(4)5)11-16(14,15)9(3)7-13/h8-11,13H,6-7H2,1-5H3. The van der Waals surface area contributed by atoms with E-state index >= 15 is 0 Å². The average Bonchev–Trinajstić information content (AvgIpc) is 2.14. The number of likely N-dealkylation sites (N-methyl/N-ethyl adjacent to an activating group) is 1. The fourth-order valence-electron chi connectivity index (χ4n) is 1.20. The summed E-state index contributed by atoms with van der Waals surface area (Å²) in [5.74, 6) is 0.211. The molecule has 0 bridgehead atoms. The molecule has 98 valence electrons. The van der Waals surface area contributed by atoms with E-state index < -0.39 is 15.3 Å². The molecule has 0 aromatic rings. The molecule has 0 aromatic heterocycles. The molecule has 0 aromatic carbocycles. The Balaban J connectivity index is 4.63. The van der Waals surface area contributed by atoms with E-state index in [0.29, 0.717) is 6.54 Å². The van der Waals surface area contributed by atoms with Crippen LogP contribution < -0.4 is 4.72 Å². The van der Waals surface area contributed by atoms with Crippen molar-refractivity contribution in [2.45, 2.75) is 32.1 Å². The zero-order chi connectivity index (χ0) is 12.9. The van der Waals surface area contributed by atoms with Crippen LogP contribution in [0.15, 0.2) is 0 Å². The second-order valence-corrected chi connectivity index (χ2v) is 6.90. The first-order chi connectivity index (χ1) is 7.20. The Bertz CT molecular complexity index is 288. The molecule has 0 aliphatic heterocycles. The zero-order valence-electron chi connectivity index (χ0n) is 10.8. The van der Waals surface area contributed by atoms with Crippen molar-refractivity contribution in [1.29, 1.82) is 0 Å². The SMILES string of the molecule is CC(C)C(CN(C)C)NS(=O)(=O)C(C)CO. The summed E-state index contributed by atoms with van der Waals surface area (Å²) < 4.78 is 26.2. The van der Waals surface area contributed by atoms with Crippen molar-refractivity contribution in [2.75, 3.05) is 27.2 Å². The fraction of sp³-hybridized carbons (Fsp3) is 1.00. The van der Waals surface area contributed by atoms with E-state index in [2.05, 4.69) is 4.72 Å². The molecule has 0 heterocycles. The number of hydrogen-bond donors (Lipinski definition) is 2. The summed E-state index contributed by atoms with van der Waals surface area (Å²) >= 11 is 0. The molecule has 0 saturated heterocycles. The van der Waals surface area contributed by atoms with Gasteiger partial charge in [-0.2, -0.15) is 0 Å². The van der Waals surface area contributed by atoms with Gasteiger partial charge in [0.2, 0.25) is 10.0 Å². The first-order valence-corrected chi connectivity index (χ1v) is 7.02. The Morgan fingerprint density at radius 2 is 1.75 bits per heavy atom. The maximum Gasteiger partial charge on any atom is 0.216 e. The normalized spacial score (nSPS) is 16.8. The summed E-state index contributed by atoms with van der Waals surface area (Å²) in [4.78, 5) is 1.94. The van der Waals surface area contributed by atoms with E-state index in [0.717, 1.165) is 0 Å². The second-order valence-electron chi connectivity index (χ2n) is 4.77. The minimum atomic E-state index is -3.43. The summed E-state index contributed by atoms with van der Waals surface area (Å²) in [5, 5.41) is 8.11. The summed E-state index contributed by atoms with van der Waals surface area (Å²) in [6, 6.07) is -0.131. The summed E-state index contributed by atoms with van der Waals surface area (Å²) in [7, 11) is 0.377. The molecule has 0 radical (unpaired) electrons. The van der Waals surface area contributed by atoms with Gasteiger partial charge in [0.1, 0.15) is 0 Å². The van der Waals surface area contributed by atoms with Gasteiger partial charge in [-0.05, 0) is 26.9 Å². The molecule has 2 unspecified atom stereocenters. The third-order valence-corrected chi connectivity index (χ3v) is 4.31. The van der Waals surface area contributed by atoms with Gasteiger partial charge >= 0.3 is 0 Å². The third kappa shape index (κ3) is 5.25. The molecule has 0 spiro atoms. The first-order valence-electron chi connectivity index (χ1n) is 5.47. The van der Waals surface area contributed by atoms with Crippen molar-refractivity contribution in [2.24, 2.45) is 5.92 Å². The van der Waals surface area contributed by atoms with Crippen molar-refractivity contribution in [3.8, 4) is 0 Å². The predicted octanol–water partition coefficient (Wildman–Crippen LogP) is -0.127. The summed E-state index contributed by atoms with van der Waals surface area (Å²) in [6.07, 6.45) is 0. The van der Waals surface area contributed by atoms with Crippen molar-refractivity contribution < 1.29 is 13.5 Å². The number of hydrogen-bond acceptors (Lipinski definition) is 4. The Labute approximate surface area is 98.9 Å². The number of nitrogens with one attached hydrogen (secondary N) is 1. The van der Waals surface area contributed by atoms with Crippen molar-refractivity contribution in [3.05, 3.63) is 0 Å². The lowest BCUT2D eigenvalue weighted by atomic mass is 10.1. The Kier molecular flexibility index (Phi) is 6.47. The van der Waals surface area contributed by atoms with Crippen LogP contribution in [0.1, 0.15) is 20.8 Å². The molecule has 0 aliphatic rings. The molecule has 16 heavy (non-hydrogen) atoms. The van der Waals surface area contributed by atoms with Crippen LogP contribution in [-0.4, -0.2) is 57.0 Å². The lowest BCUT2D eigenvalue weighted by Crippen LogP contribution is -2.48. The summed E-state index contributed by atoms with van der Waals surface area (Å²) in [5.41, 5.74) is 0. The van der Waals surface area contributed by atoms with E-state index in [9.17, 15) is 8.42 Å². The van der Waals surface area contributed by atoms with Gasteiger partial charge in [0.05, 0.1) is 11.9 Å². The largest absolute Gasteiger partial charge is 0.395 e. The first kappa shape index (κ1) is 15.8. The molecule has 0 rings (SSSR count). The molecule has 0 fully saturated rings. The van der Waals surface area contributed by atoms with E-state index in [1.54, 1.807) is 0 Å². The topological polar surface area (TPSA) is 69.6 Å². The van der Waals surface area contributed by atoms with Gasteiger partial charge in [-0.1, -0.05) is 13.8 Å².